The van der Waals surface area contributed by atoms with E-state index in [1.54, 1.807) is 6.92 Å². The monoisotopic (exact) mass is 314 g/mol. The normalized spacial score (nSPS) is 10.8. The van der Waals surface area contributed by atoms with Crippen LogP contribution in [0.3, 0.4) is 0 Å². The lowest BCUT2D eigenvalue weighted by atomic mass is 10.1. The summed E-state index contributed by atoms with van der Waals surface area (Å²) in [6.45, 7) is 3.79. The highest BCUT2D eigenvalue weighted by molar-refractivity contribution is 7.98. The van der Waals surface area contributed by atoms with Gasteiger partial charge in [-0.05, 0) is 19.9 Å². The molecule has 2 aromatic heterocycles. The maximum absolute atomic E-state index is 11.4. The number of H-pyrrole nitrogens is 1. The van der Waals surface area contributed by atoms with Crippen molar-refractivity contribution in [2.24, 2.45) is 0 Å². The molecule has 22 heavy (non-hydrogen) atoms. The minimum atomic E-state index is -0.166. The molecule has 6 nitrogen and oxygen atoms in total. The Morgan fingerprint density at radius 3 is 2.86 bits per heavy atom. The van der Waals surface area contributed by atoms with Crippen LogP contribution in [-0.4, -0.2) is 20.1 Å². The third-order valence-electron chi connectivity index (χ3n) is 2.92. The molecule has 1 N–H and O–H groups in total. The molecule has 0 saturated carbocycles. The number of nitrogens with one attached hydrogen (secondary N) is 1. The van der Waals surface area contributed by atoms with Crippen LogP contribution >= 0.6 is 11.8 Å². The summed E-state index contributed by atoms with van der Waals surface area (Å²) in [7, 11) is 0. The molecule has 1 aromatic carbocycles. The summed E-state index contributed by atoms with van der Waals surface area (Å²) < 4.78 is 5.24. The Hall–Kier alpha value is -2.41. The molecule has 0 aliphatic heterocycles. The van der Waals surface area contributed by atoms with E-state index in [9.17, 15) is 4.79 Å². The van der Waals surface area contributed by atoms with Crippen LogP contribution in [0.1, 0.15) is 17.1 Å². The van der Waals surface area contributed by atoms with E-state index in [2.05, 4.69) is 20.1 Å². The number of thioether (sulfide) groups is 1. The van der Waals surface area contributed by atoms with Crippen LogP contribution in [0.4, 0.5) is 0 Å². The predicted molar refractivity (Wildman–Crippen MR) is 83.6 cm³/mol. The second-order valence-electron chi connectivity index (χ2n) is 4.86. The molecule has 7 heteroatoms. The number of hydrogen-bond donors (Lipinski definition) is 1. The van der Waals surface area contributed by atoms with Crippen LogP contribution in [0.5, 0.6) is 0 Å². The van der Waals surface area contributed by atoms with E-state index in [-0.39, 0.29) is 5.56 Å². The van der Waals surface area contributed by atoms with Gasteiger partial charge in [0.15, 0.2) is 5.16 Å². The number of aryl methyl sites for hydroxylation is 2. The first-order valence-corrected chi connectivity index (χ1v) is 7.69. The van der Waals surface area contributed by atoms with Gasteiger partial charge in [-0.25, -0.2) is 4.98 Å². The largest absolute Gasteiger partial charge is 0.338 e. The molecule has 0 spiro atoms. The Kier molecular flexibility index (Phi) is 4.06. The molecule has 0 radical (unpaired) electrons. The Morgan fingerprint density at radius 1 is 1.23 bits per heavy atom. The Morgan fingerprint density at radius 2 is 2.09 bits per heavy atom. The van der Waals surface area contributed by atoms with Crippen LogP contribution in [0.25, 0.3) is 11.4 Å². The Bertz CT molecular complexity index is 856. The van der Waals surface area contributed by atoms with Gasteiger partial charge in [-0.1, -0.05) is 40.7 Å². The van der Waals surface area contributed by atoms with Gasteiger partial charge in [0.2, 0.25) is 11.7 Å². The van der Waals surface area contributed by atoms with Gasteiger partial charge < -0.3 is 9.51 Å². The van der Waals surface area contributed by atoms with E-state index in [1.165, 1.54) is 17.8 Å². The van der Waals surface area contributed by atoms with Gasteiger partial charge >= 0.3 is 0 Å². The van der Waals surface area contributed by atoms with E-state index in [0.29, 0.717) is 28.3 Å². The first kappa shape index (κ1) is 14.5. The topological polar surface area (TPSA) is 84.7 Å². The number of hydrogen-bond acceptors (Lipinski definition) is 6. The van der Waals surface area contributed by atoms with Gasteiger partial charge in [0.1, 0.15) is 0 Å². The van der Waals surface area contributed by atoms with Crippen molar-refractivity contribution in [3.63, 3.8) is 0 Å². The maximum Gasteiger partial charge on any atom is 0.251 e. The van der Waals surface area contributed by atoms with Crippen LogP contribution in [0, 0.1) is 13.8 Å². The molecule has 3 rings (SSSR count). The fourth-order valence-electron chi connectivity index (χ4n) is 1.96. The van der Waals surface area contributed by atoms with Crippen LogP contribution < -0.4 is 5.56 Å². The van der Waals surface area contributed by atoms with E-state index in [1.807, 2.05) is 31.2 Å². The van der Waals surface area contributed by atoms with Gasteiger partial charge in [0.25, 0.3) is 5.56 Å². The number of aromatic amines is 1. The summed E-state index contributed by atoms with van der Waals surface area (Å²) in [5.41, 5.74) is 2.57. The zero-order chi connectivity index (χ0) is 15.5. The van der Waals surface area contributed by atoms with Crippen molar-refractivity contribution in [2.45, 2.75) is 24.8 Å². The van der Waals surface area contributed by atoms with Crippen molar-refractivity contribution in [2.75, 3.05) is 0 Å². The van der Waals surface area contributed by atoms with Gasteiger partial charge in [0.05, 0.1) is 5.75 Å². The number of nitrogens with zero attached hydrogens (tertiary/aromatic N) is 3. The number of benzene rings is 1. The lowest BCUT2D eigenvalue weighted by Gasteiger charge is -1.98. The molecular weight excluding hydrogens is 300 g/mol. The molecular formula is C15H14N4O2S. The molecule has 0 aliphatic rings. The van der Waals surface area contributed by atoms with Crippen LogP contribution in [0.15, 0.2) is 44.8 Å². The summed E-state index contributed by atoms with van der Waals surface area (Å²) in [5.74, 6) is 1.50. The van der Waals surface area contributed by atoms with Gasteiger partial charge in [0, 0.05) is 17.3 Å². The van der Waals surface area contributed by atoms with E-state index in [4.69, 9.17) is 4.52 Å². The Balaban J connectivity index is 1.73. The second kappa shape index (κ2) is 6.15. The Labute approximate surface area is 131 Å². The summed E-state index contributed by atoms with van der Waals surface area (Å²) >= 11 is 1.35. The van der Waals surface area contributed by atoms with E-state index in [0.717, 1.165) is 11.1 Å². The van der Waals surface area contributed by atoms with Crippen molar-refractivity contribution in [3.05, 3.63) is 57.8 Å². The first-order chi connectivity index (χ1) is 10.6. The fraction of sp³-hybridized carbons (Fsp3) is 0.200. The summed E-state index contributed by atoms with van der Waals surface area (Å²) in [6, 6.07) is 9.36. The average Bonchev–Trinajstić information content (AvgIpc) is 2.93. The van der Waals surface area contributed by atoms with E-state index < -0.39 is 0 Å². The molecule has 0 amide bonds. The number of aromatic nitrogens is 4. The zero-order valence-corrected chi connectivity index (χ0v) is 13.0. The summed E-state index contributed by atoms with van der Waals surface area (Å²) in [6.07, 6.45) is 0. The smallest absolute Gasteiger partial charge is 0.251 e. The molecule has 0 saturated heterocycles. The molecule has 0 atom stereocenters. The molecule has 112 valence electrons. The molecule has 3 aromatic rings. The summed E-state index contributed by atoms with van der Waals surface area (Å²) in [4.78, 5) is 22.7. The predicted octanol–water partition coefficient (Wildman–Crippen LogP) is 2.73. The van der Waals surface area contributed by atoms with Gasteiger partial charge in [-0.15, -0.1) is 0 Å². The third kappa shape index (κ3) is 3.43. The van der Waals surface area contributed by atoms with Crippen molar-refractivity contribution in [1.82, 2.24) is 20.1 Å². The molecule has 0 fully saturated rings. The third-order valence-corrected chi connectivity index (χ3v) is 3.78. The lowest BCUT2D eigenvalue weighted by Crippen LogP contribution is -2.08. The second-order valence-corrected chi connectivity index (χ2v) is 5.83. The lowest BCUT2D eigenvalue weighted by molar-refractivity contribution is 0.391. The molecule has 2 heterocycles. The minimum Gasteiger partial charge on any atom is -0.338 e. The highest BCUT2D eigenvalue weighted by atomic mass is 32.2. The molecule has 0 bridgehead atoms. The van der Waals surface area contributed by atoms with Gasteiger partial charge in [-0.3, -0.25) is 4.79 Å². The van der Waals surface area contributed by atoms with Crippen LogP contribution in [0.2, 0.25) is 0 Å². The SMILES string of the molecule is Cc1cccc(-c2noc(CSc3nc(C)cc(=O)[nH]3)n2)c1. The molecule has 0 aliphatic carbocycles. The van der Waals surface area contributed by atoms with E-state index >= 15 is 0 Å². The average molecular weight is 314 g/mol. The van der Waals surface area contributed by atoms with Crippen molar-refractivity contribution >= 4 is 11.8 Å². The minimum absolute atomic E-state index is 0.166. The van der Waals surface area contributed by atoms with Crippen LogP contribution in [-0.2, 0) is 5.75 Å². The summed E-state index contributed by atoms with van der Waals surface area (Å²) in [5, 5.41) is 4.53. The van der Waals surface area contributed by atoms with Crippen molar-refractivity contribution in [1.29, 1.82) is 0 Å². The number of rotatable bonds is 4. The fourth-order valence-corrected chi connectivity index (χ4v) is 2.72. The quantitative estimate of drug-likeness (QED) is 0.589. The van der Waals surface area contributed by atoms with Crippen molar-refractivity contribution < 1.29 is 4.52 Å². The van der Waals surface area contributed by atoms with Gasteiger partial charge in [-0.2, -0.15) is 4.98 Å². The highest BCUT2D eigenvalue weighted by Crippen LogP contribution is 2.21. The standard InChI is InChI=1S/C15H14N4O2S/c1-9-4-3-5-11(6-9)14-18-13(21-19-14)8-22-15-16-10(2)7-12(20)17-15/h3-7H,8H2,1-2H3,(H,16,17,20). The highest BCUT2D eigenvalue weighted by Gasteiger charge is 2.10. The maximum atomic E-state index is 11.4. The first-order valence-electron chi connectivity index (χ1n) is 6.70. The van der Waals surface area contributed by atoms with Crippen molar-refractivity contribution in [3.8, 4) is 11.4 Å². The molecule has 0 unspecified atom stereocenters. The zero-order valence-electron chi connectivity index (χ0n) is 12.2.